The van der Waals surface area contributed by atoms with Crippen LogP contribution in [0.5, 0.6) is 0 Å². The van der Waals surface area contributed by atoms with Gasteiger partial charge in [-0.05, 0) is 0 Å². The van der Waals surface area contributed by atoms with E-state index in [0.29, 0.717) is 0 Å². The summed E-state index contributed by atoms with van der Waals surface area (Å²) in [4.78, 5) is 32.7. The highest BCUT2D eigenvalue weighted by molar-refractivity contribution is 5.79. The lowest BCUT2D eigenvalue weighted by Gasteiger charge is -2.19. The first kappa shape index (κ1) is 15.5. The summed E-state index contributed by atoms with van der Waals surface area (Å²) in [7, 11) is 0. The first-order chi connectivity index (χ1) is 9.31. The minimum atomic E-state index is -1.02. The quantitative estimate of drug-likeness (QED) is 0.514. The Hall–Kier alpha value is -2.55. The monoisotopic (exact) mass is 284 g/mol. The Bertz CT molecular complexity index is 533. The average molecular weight is 284 g/mol. The highest BCUT2D eigenvalue weighted by Gasteiger charge is 2.20. The maximum Gasteiger partial charge on any atom is 0.305 e. The van der Waals surface area contributed by atoms with Crippen molar-refractivity contribution in [2.45, 2.75) is 6.54 Å². The van der Waals surface area contributed by atoms with Crippen molar-refractivity contribution in [1.29, 1.82) is 0 Å². The number of primary amides is 2. The standard InChI is InChI=1S/C11H13FN4O4/c12-11-7(2-1-3-8(11)16(19)20)4-15(5-9(13)17)6-10(14)18/h1-3H,4-6H2,(H2,13,17)(H2,14,18). The summed E-state index contributed by atoms with van der Waals surface area (Å²) < 4.78 is 13.9. The van der Waals surface area contributed by atoms with Gasteiger partial charge in [-0.25, -0.2) is 0 Å². The van der Waals surface area contributed by atoms with Crippen molar-refractivity contribution in [3.8, 4) is 0 Å². The third-order valence-corrected chi connectivity index (χ3v) is 2.41. The number of halogens is 1. The van der Waals surface area contributed by atoms with Gasteiger partial charge in [0.1, 0.15) is 0 Å². The molecule has 0 radical (unpaired) electrons. The smallest absolute Gasteiger partial charge is 0.305 e. The Morgan fingerprint density at radius 1 is 1.25 bits per heavy atom. The van der Waals surface area contributed by atoms with E-state index in [4.69, 9.17) is 11.5 Å². The van der Waals surface area contributed by atoms with Crippen LogP contribution in [-0.2, 0) is 16.1 Å². The van der Waals surface area contributed by atoms with Crippen molar-refractivity contribution in [2.24, 2.45) is 11.5 Å². The van der Waals surface area contributed by atoms with Crippen LogP contribution in [0.4, 0.5) is 10.1 Å². The Kier molecular flexibility index (Phi) is 5.09. The van der Waals surface area contributed by atoms with E-state index in [9.17, 15) is 24.1 Å². The molecule has 0 aliphatic heterocycles. The number of rotatable bonds is 7. The predicted molar refractivity (Wildman–Crippen MR) is 66.7 cm³/mol. The molecule has 0 saturated carbocycles. The number of carbonyl (C=O) groups is 2. The van der Waals surface area contributed by atoms with Gasteiger partial charge in [0.05, 0.1) is 18.0 Å². The van der Waals surface area contributed by atoms with Crippen LogP contribution in [0.3, 0.4) is 0 Å². The fourth-order valence-corrected chi connectivity index (χ4v) is 1.68. The molecule has 0 saturated heterocycles. The number of hydrogen-bond acceptors (Lipinski definition) is 5. The van der Waals surface area contributed by atoms with Crippen LogP contribution in [0.2, 0.25) is 0 Å². The van der Waals surface area contributed by atoms with Crippen molar-refractivity contribution < 1.29 is 18.9 Å². The fourth-order valence-electron chi connectivity index (χ4n) is 1.68. The fraction of sp³-hybridized carbons (Fsp3) is 0.273. The van der Waals surface area contributed by atoms with E-state index >= 15 is 0 Å². The maximum atomic E-state index is 13.9. The molecule has 4 N–H and O–H groups in total. The summed E-state index contributed by atoms with van der Waals surface area (Å²) in [5.74, 6) is -2.47. The molecule has 0 bridgehead atoms. The second-order valence-corrected chi connectivity index (χ2v) is 4.09. The van der Waals surface area contributed by atoms with Gasteiger partial charge in [0, 0.05) is 18.2 Å². The SMILES string of the molecule is NC(=O)CN(CC(N)=O)Cc1cccc([N+](=O)[O-])c1F. The van der Waals surface area contributed by atoms with Gasteiger partial charge in [0.25, 0.3) is 0 Å². The number of benzene rings is 1. The molecule has 0 unspecified atom stereocenters. The number of amides is 2. The average Bonchev–Trinajstić information content (AvgIpc) is 2.29. The van der Waals surface area contributed by atoms with Crippen LogP contribution < -0.4 is 11.5 Å². The Morgan fingerprint density at radius 2 is 1.80 bits per heavy atom. The number of nitrogens with two attached hydrogens (primary N) is 2. The van der Waals surface area contributed by atoms with Crippen LogP contribution in [0.15, 0.2) is 18.2 Å². The summed E-state index contributed by atoms with van der Waals surface area (Å²) in [6, 6.07) is 3.64. The molecule has 0 atom stereocenters. The van der Waals surface area contributed by atoms with Gasteiger partial charge >= 0.3 is 5.69 Å². The molecule has 8 nitrogen and oxygen atoms in total. The zero-order valence-corrected chi connectivity index (χ0v) is 10.4. The van der Waals surface area contributed by atoms with Gasteiger partial charge in [-0.1, -0.05) is 12.1 Å². The molecule has 2 amide bonds. The molecular weight excluding hydrogens is 271 g/mol. The highest BCUT2D eigenvalue weighted by atomic mass is 19.1. The topological polar surface area (TPSA) is 133 Å². The molecule has 1 aromatic carbocycles. The van der Waals surface area contributed by atoms with E-state index in [1.165, 1.54) is 17.0 Å². The molecule has 108 valence electrons. The number of nitrogens with zero attached hydrogens (tertiary/aromatic N) is 2. The molecule has 0 heterocycles. The summed E-state index contributed by atoms with van der Waals surface area (Å²) in [6.07, 6.45) is 0. The summed E-state index contributed by atoms with van der Waals surface area (Å²) >= 11 is 0. The van der Waals surface area contributed by atoms with Gasteiger partial charge in [-0.2, -0.15) is 4.39 Å². The van der Waals surface area contributed by atoms with E-state index < -0.39 is 28.2 Å². The van der Waals surface area contributed by atoms with E-state index in [2.05, 4.69) is 0 Å². The first-order valence-electron chi connectivity index (χ1n) is 5.52. The van der Waals surface area contributed by atoms with Crippen molar-refractivity contribution in [2.75, 3.05) is 13.1 Å². The molecule has 0 aliphatic carbocycles. The second-order valence-electron chi connectivity index (χ2n) is 4.09. The van der Waals surface area contributed by atoms with Gasteiger partial charge < -0.3 is 11.5 Å². The van der Waals surface area contributed by atoms with Crippen molar-refractivity contribution in [3.05, 3.63) is 39.7 Å². The largest absolute Gasteiger partial charge is 0.369 e. The molecule has 0 fully saturated rings. The van der Waals surface area contributed by atoms with Gasteiger partial charge in [0.15, 0.2) is 0 Å². The molecule has 9 heteroatoms. The molecule has 1 rings (SSSR count). The Balaban J connectivity index is 2.98. The second kappa shape index (κ2) is 6.57. The third-order valence-electron chi connectivity index (χ3n) is 2.41. The molecule has 20 heavy (non-hydrogen) atoms. The zero-order valence-electron chi connectivity index (χ0n) is 10.4. The van der Waals surface area contributed by atoms with Crippen molar-refractivity contribution >= 4 is 17.5 Å². The first-order valence-corrected chi connectivity index (χ1v) is 5.52. The minimum absolute atomic E-state index is 0.0262. The number of carbonyl (C=O) groups excluding carboxylic acids is 2. The van der Waals surface area contributed by atoms with Crippen LogP contribution in [0, 0.1) is 15.9 Å². The minimum Gasteiger partial charge on any atom is -0.369 e. The van der Waals surface area contributed by atoms with Crippen LogP contribution in [0.25, 0.3) is 0 Å². The predicted octanol–water partition coefficient (Wildman–Crippen LogP) is -0.493. The van der Waals surface area contributed by atoms with Crippen LogP contribution in [-0.4, -0.2) is 34.7 Å². The molecule has 0 spiro atoms. The van der Waals surface area contributed by atoms with E-state index in [1.54, 1.807) is 0 Å². The lowest BCUT2D eigenvalue weighted by molar-refractivity contribution is -0.387. The molecule has 0 aromatic heterocycles. The van der Waals surface area contributed by atoms with E-state index in [-0.39, 0.29) is 25.2 Å². The maximum absolute atomic E-state index is 13.9. The molecule has 1 aromatic rings. The van der Waals surface area contributed by atoms with Gasteiger partial charge in [-0.15, -0.1) is 0 Å². The summed E-state index contributed by atoms with van der Waals surface area (Å²) in [5.41, 5.74) is 9.30. The van der Waals surface area contributed by atoms with Crippen molar-refractivity contribution in [3.63, 3.8) is 0 Å². The molecular formula is C11H13FN4O4. The summed E-state index contributed by atoms with van der Waals surface area (Å²) in [6.45, 7) is -0.824. The lowest BCUT2D eigenvalue weighted by Crippen LogP contribution is -2.39. The lowest BCUT2D eigenvalue weighted by atomic mass is 10.1. The Morgan fingerprint density at radius 3 is 2.25 bits per heavy atom. The van der Waals surface area contributed by atoms with Gasteiger partial charge in [0.2, 0.25) is 17.6 Å². The third kappa shape index (κ3) is 4.28. The highest BCUT2D eigenvalue weighted by Crippen LogP contribution is 2.21. The van der Waals surface area contributed by atoms with Crippen molar-refractivity contribution in [1.82, 2.24) is 4.90 Å². The number of nitro benzene ring substituents is 1. The normalized spacial score (nSPS) is 10.5. The molecule has 0 aliphatic rings. The van der Waals surface area contributed by atoms with Crippen LogP contribution in [0.1, 0.15) is 5.56 Å². The number of hydrogen-bond donors (Lipinski definition) is 2. The summed E-state index contributed by atoms with van der Waals surface area (Å²) in [5, 5.41) is 10.6. The van der Waals surface area contributed by atoms with E-state index in [1.807, 2.05) is 0 Å². The zero-order chi connectivity index (χ0) is 15.3. The van der Waals surface area contributed by atoms with Crippen LogP contribution >= 0.6 is 0 Å². The van der Waals surface area contributed by atoms with E-state index in [0.717, 1.165) is 6.07 Å². The number of nitro groups is 1. The Labute approximate surface area is 113 Å². The van der Waals surface area contributed by atoms with Gasteiger partial charge in [-0.3, -0.25) is 24.6 Å².